The highest BCUT2D eigenvalue weighted by atomic mass is 31.2. The van der Waals surface area contributed by atoms with Gasteiger partial charge in [0, 0.05) is 12.8 Å². The first-order valence-electron chi connectivity index (χ1n) is 23.0. The second-order valence-corrected chi connectivity index (χ2v) is 17.8. The van der Waals surface area contributed by atoms with Crippen molar-refractivity contribution >= 4 is 19.8 Å². The van der Waals surface area contributed by atoms with Crippen molar-refractivity contribution < 1.29 is 42.1 Å². The molecule has 0 spiro atoms. The summed E-state index contributed by atoms with van der Waals surface area (Å²) >= 11 is 0. The van der Waals surface area contributed by atoms with Gasteiger partial charge in [-0.05, 0) is 83.5 Å². The smallest absolute Gasteiger partial charge is 0.306 e. The Hall–Kier alpha value is -2.29. The maximum atomic E-state index is 12.7. The number of ether oxygens (including phenoxy) is 2. The summed E-state index contributed by atoms with van der Waals surface area (Å²) in [5.41, 5.74) is 0. The maximum Gasteiger partial charge on any atom is 0.306 e. The Bertz CT molecular complexity index is 1170. The third-order valence-corrected chi connectivity index (χ3v) is 10.5. The van der Waals surface area contributed by atoms with E-state index in [9.17, 15) is 19.0 Å². The van der Waals surface area contributed by atoms with Crippen LogP contribution >= 0.6 is 7.82 Å². The van der Waals surface area contributed by atoms with Gasteiger partial charge in [-0.25, -0.2) is 0 Å². The maximum absolute atomic E-state index is 12.7. The predicted octanol–water partition coefficient (Wildman–Crippen LogP) is 12.6. The van der Waals surface area contributed by atoms with Gasteiger partial charge < -0.3 is 27.9 Å². The van der Waals surface area contributed by atoms with Crippen LogP contribution in [-0.2, 0) is 32.7 Å². The molecule has 0 aromatic heterocycles. The molecular formula is C48H86NO8P. The number of phosphoric ester groups is 1. The Morgan fingerprint density at radius 2 is 0.931 bits per heavy atom. The van der Waals surface area contributed by atoms with Crippen LogP contribution in [0.4, 0.5) is 0 Å². The number of hydrogen-bond acceptors (Lipinski definition) is 8. The number of likely N-dealkylation sites (N-methyl/N-ethyl adjacent to an activating group) is 1. The summed E-state index contributed by atoms with van der Waals surface area (Å²) in [6.07, 6.45) is 48.2. The molecule has 0 rings (SSSR count). The summed E-state index contributed by atoms with van der Waals surface area (Å²) in [7, 11) is 1.13. The molecule has 0 saturated heterocycles. The number of carbonyl (C=O) groups excluding carboxylic acids is 2. The highest BCUT2D eigenvalue weighted by molar-refractivity contribution is 7.45. The van der Waals surface area contributed by atoms with Crippen LogP contribution in [0.2, 0.25) is 0 Å². The van der Waals surface area contributed by atoms with Gasteiger partial charge in [0.25, 0.3) is 7.82 Å². The Morgan fingerprint density at radius 3 is 1.43 bits per heavy atom. The lowest BCUT2D eigenvalue weighted by Crippen LogP contribution is -2.37. The Kier molecular flexibility index (Phi) is 38.5. The minimum absolute atomic E-state index is 0.0412. The molecule has 0 aliphatic rings. The number of hydrogen-bond donors (Lipinski definition) is 0. The molecule has 2 atom stereocenters. The fourth-order valence-corrected chi connectivity index (χ4v) is 6.60. The fourth-order valence-electron chi connectivity index (χ4n) is 5.87. The lowest BCUT2D eigenvalue weighted by Gasteiger charge is -2.28. The number of esters is 2. The molecule has 0 N–H and O–H groups in total. The van der Waals surface area contributed by atoms with E-state index in [1.165, 1.54) is 77.0 Å². The molecule has 0 aliphatic heterocycles. The molecule has 0 amide bonds. The molecule has 58 heavy (non-hydrogen) atoms. The van der Waals surface area contributed by atoms with E-state index in [-0.39, 0.29) is 26.1 Å². The van der Waals surface area contributed by atoms with Gasteiger partial charge in [0.15, 0.2) is 6.10 Å². The molecule has 336 valence electrons. The molecule has 1 unspecified atom stereocenters. The van der Waals surface area contributed by atoms with E-state index in [4.69, 9.17) is 18.5 Å². The second-order valence-electron chi connectivity index (χ2n) is 16.4. The average molecular weight is 836 g/mol. The molecule has 0 heterocycles. The van der Waals surface area contributed by atoms with Gasteiger partial charge in [0.2, 0.25) is 0 Å². The van der Waals surface area contributed by atoms with Crippen LogP contribution in [-0.4, -0.2) is 70.0 Å². The van der Waals surface area contributed by atoms with Crippen molar-refractivity contribution in [1.82, 2.24) is 0 Å². The number of nitrogens with zero attached hydrogens (tertiary/aromatic N) is 1. The number of quaternary nitrogens is 1. The Labute approximate surface area is 356 Å². The quantitative estimate of drug-likeness (QED) is 0.0197. The molecule has 0 aromatic rings. The molecule has 0 saturated carbocycles. The summed E-state index contributed by atoms with van der Waals surface area (Å²) in [5, 5.41) is 0. The van der Waals surface area contributed by atoms with E-state index < -0.39 is 32.5 Å². The van der Waals surface area contributed by atoms with Crippen molar-refractivity contribution in [3.63, 3.8) is 0 Å². The standard InChI is InChI=1S/C48H86NO8P/c1-6-8-10-12-14-16-18-20-22-23-24-25-27-28-30-32-34-36-38-40-47(50)54-44-46(45-56-58(52,53)55-43-42-49(3,4)5)57-48(51)41-39-37-35-33-31-29-26-21-19-17-15-13-11-9-7-2/h14,16,20,22,24-25,28-31,46H,6-13,15,17-19,21,23,26-27,32-45H2,1-5H3/b16-14+,22-20+,25-24+,30-28+,31-29+/t46-/m1/s1. The summed E-state index contributed by atoms with van der Waals surface area (Å²) in [5.74, 6) is -0.892. The molecule has 0 aliphatic carbocycles. The first-order valence-corrected chi connectivity index (χ1v) is 24.5. The molecule has 10 heteroatoms. The van der Waals surface area contributed by atoms with Crippen molar-refractivity contribution in [2.75, 3.05) is 47.5 Å². The van der Waals surface area contributed by atoms with E-state index in [1.807, 2.05) is 21.1 Å². The van der Waals surface area contributed by atoms with E-state index in [2.05, 4.69) is 74.6 Å². The van der Waals surface area contributed by atoms with E-state index in [0.717, 1.165) is 64.2 Å². The van der Waals surface area contributed by atoms with Gasteiger partial charge >= 0.3 is 11.9 Å². The third kappa shape index (κ3) is 43.3. The summed E-state index contributed by atoms with van der Waals surface area (Å²) in [4.78, 5) is 37.6. The number of phosphoric acid groups is 1. The predicted molar refractivity (Wildman–Crippen MR) is 240 cm³/mol. The average Bonchev–Trinajstić information content (AvgIpc) is 3.17. The van der Waals surface area contributed by atoms with Gasteiger partial charge in [-0.1, -0.05) is 145 Å². The lowest BCUT2D eigenvalue weighted by molar-refractivity contribution is -0.870. The van der Waals surface area contributed by atoms with Crippen LogP contribution < -0.4 is 4.89 Å². The first-order chi connectivity index (χ1) is 28.0. The Balaban J connectivity index is 4.42. The summed E-state index contributed by atoms with van der Waals surface area (Å²) in [6.45, 7) is 4.13. The molecular weight excluding hydrogens is 750 g/mol. The highest BCUT2D eigenvalue weighted by Gasteiger charge is 2.21. The molecule has 0 fully saturated rings. The van der Waals surface area contributed by atoms with Crippen molar-refractivity contribution in [2.24, 2.45) is 0 Å². The second kappa shape index (κ2) is 40.1. The lowest BCUT2D eigenvalue weighted by atomic mass is 10.1. The zero-order valence-electron chi connectivity index (χ0n) is 37.7. The normalized spacial score (nSPS) is 14.1. The van der Waals surface area contributed by atoms with Gasteiger partial charge in [-0.15, -0.1) is 0 Å². The molecule has 9 nitrogen and oxygen atoms in total. The first kappa shape index (κ1) is 55.7. The van der Waals surface area contributed by atoms with Crippen molar-refractivity contribution in [3.8, 4) is 0 Å². The van der Waals surface area contributed by atoms with Crippen molar-refractivity contribution in [2.45, 2.75) is 187 Å². The van der Waals surface area contributed by atoms with E-state index in [1.54, 1.807) is 0 Å². The largest absolute Gasteiger partial charge is 0.756 e. The van der Waals surface area contributed by atoms with Crippen LogP contribution in [0.25, 0.3) is 0 Å². The van der Waals surface area contributed by atoms with Crippen LogP contribution in [0.5, 0.6) is 0 Å². The Morgan fingerprint density at radius 1 is 0.534 bits per heavy atom. The van der Waals surface area contributed by atoms with Gasteiger partial charge in [-0.3, -0.25) is 14.2 Å². The molecule has 0 radical (unpaired) electrons. The third-order valence-electron chi connectivity index (χ3n) is 9.51. The van der Waals surface area contributed by atoms with Gasteiger partial charge in [0.05, 0.1) is 27.7 Å². The van der Waals surface area contributed by atoms with Crippen molar-refractivity contribution in [3.05, 3.63) is 60.8 Å². The number of allylic oxidation sites excluding steroid dienone is 10. The number of carbonyl (C=O) groups is 2. The fraction of sp³-hybridized carbons (Fsp3) is 0.750. The number of unbranched alkanes of at least 4 members (excludes halogenated alkanes) is 17. The van der Waals surface area contributed by atoms with E-state index >= 15 is 0 Å². The number of rotatable bonds is 41. The summed E-state index contributed by atoms with van der Waals surface area (Å²) < 4.78 is 33.9. The van der Waals surface area contributed by atoms with Crippen LogP contribution in [0, 0.1) is 0 Å². The van der Waals surface area contributed by atoms with Crippen molar-refractivity contribution in [1.29, 1.82) is 0 Å². The minimum Gasteiger partial charge on any atom is -0.756 e. The van der Waals surface area contributed by atoms with Gasteiger partial charge in [0.1, 0.15) is 19.8 Å². The minimum atomic E-state index is -4.64. The van der Waals surface area contributed by atoms with E-state index in [0.29, 0.717) is 23.9 Å². The SMILES string of the molecule is CCCCC/C=C/C/C=C/C/C=C/C/C=C/CCCCCC(=O)OC[C@H](COP(=O)([O-])OCC[N+](C)(C)C)OC(=O)CCCCC/C=C/CCCCCCCCCC. The zero-order valence-corrected chi connectivity index (χ0v) is 38.6. The highest BCUT2D eigenvalue weighted by Crippen LogP contribution is 2.38. The topological polar surface area (TPSA) is 111 Å². The zero-order chi connectivity index (χ0) is 42.8. The molecule has 0 bridgehead atoms. The summed E-state index contributed by atoms with van der Waals surface area (Å²) in [6, 6.07) is 0. The van der Waals surface area contributed by atoms with Crippen LogP contribution in [0.3, 0.4) is 0 Å². The van der Waals surface area contributed by atoms with Gasteiger partial charge in [-0.2, -0.15) is 0 Å². The van der Waals surface area contributed by atoms with Crippen LogP contribution in [0.15, 0.2) is 60.8 Å². The van der Waals surface area contributed by atoms with Crippen LogP contribution in [0.1, 0.15) is 181 Å². The monoisotopic (exact) mass is 836 g/mol. The molecule has 0 aromatic carbocycles.